The lowest BCUT2D eigenvalue weighted by atomic mass is 9.96. The summed E-state index contributed by atoms with van der Waals surface area (Å²) in [5, 5.41) is 11.5. The normalized spacial score (nSPS) is 20.3. The van der Waals surface area contributed by atoms with Gasteiger partial charge in [0.05, 0.1) is 17.9 Å². The Hall–Kier alpha value is -2.64. The quantitative estimate of drug-likeness (QED) is 0.859. The van der Waals surface area contributed by atoms with Crippen molar-refractivity contribution in [3.05, 3.63) is 35.4 Å². The zero-order valence-corrected chi connectivity index (χ0v) is 15.1. The lowest BCUT2D eigenvalue weighted by Crippen LogP contribution is -2.34. The van der Waals surface area contributed by atoms with Gasteiger partial charge in [-0.1, -0.05) is 0 Å². The van der Waals surface area contributed by atoms with Gasteiger partial charge in [0, 0.05) is 50.4 Å². The standard InChI is InChI=1S/C17H24N6O2/c1-11-5-12(2)23(20-11)10-15(24)18-7-13-6-16(25)22(4)17(13)14-8-19-21(3)9-14/h5,8-9,13,17H,6-7,10H2,1-4H3,(H,18,24)/t13-,17+/m0/s1. The van der Waals surface area contributed by atoms with Crippen LogP contribution in [0.1, 0.15) is 29.4 Å². The maximum Gasteiger partial charge on any atom is 0.241 e. The molecule has 1 aliphatic rings. The molecule has 3 heterocycles. The van der Waals surface area contributed by atoms with E-state index in [2.05, 4.69) is 15.5 Å². The van der Waals surface area contributed by atoms with E-state index in [1.54, 1.807) is 27.5 Å². The third-order valence-corrected chi connectivity index (χ3v) is 4.72. The lowest BCUT2D eigenvalue weighted by molar-refractivity contribution is -0.127. The first-order chi connectivity index (χ1) is 11.8. The highest BCUT2D eigenvalue weighted by Gasteiger charge is 2.39. The van der Waals surface area contributed by atoms with Crippen molar-refractivity contribution < 1.29 is 9.59 Å². The first kappa shape index (κ1) is 17.2. The maximum absolute atomic E-state index is 12.3. The summed E-state index contributed by atoms with van der Waals surface area (Å²) < 4.78 is 3.42. The van der Waals surface area contributed by atoms with Gasteiger partial charge in [-0.15, -0.1) is 0 Å². The van der Waals surface area contributed by atoms with Crippen LogP contribution >= 0.6 is 0 Å². The molecule has 0 saturated carbocycles. The fourth-order valence-corrected chi connectivity index (χ4v) is 3.50. The van der Waals surface area contributed by atoms with Gasteiger partial charge in [-0.2, -0.15) is 10.2 Å². The molecule has 0 radical (unpaired) electrons. The highest BCUT2D eigenvalue weighted by Crippen LogP contribution is 2.36. The average molecular weight is 344 g/mol. The summed E-state index contributed by atoms with van der Waals surface area (Å²) in [6.07, 6.45) is 4.13. The second-order valence-corrected chi connectivity index (χ2v) is 6.75. The van der Waals surface area contributed by atoms with E-state index in [0.29, 0.717) is 13.0 Å². The Bertz CT molecular complexity index is 793. The number of nitrogens with one attached hydrogen (secondary N) is 1. The van der Waals surface area contributed by atoms with Crippen LogP contribution in [0.3, 0.4) is 0 Å². The zero-order valence-electron chi connectivity index (χ0n) is 15.1. The molecule has 3 rings (SSSR count). The summed E-state index contributed by atoms with van der Waals surface area (Å²) in [5.74, 6) is 0.0240. The molecule has 134 valence electrons. The van der Waals surface area contributed by atoms with Crippen LogP contribution in [0.4, 0.5) is 0 Å². The fraction of sp³-hybridized carbons (Fsp3) is 0.529. The van der Waals surface area contributed by atoms with Crippen molar-refractivity contribution in [2.24, 2.45) is 13.0 Å². The molecule has 2 amide bonds. The van der Waals surface area contributed by atoms with Gasteiger partial charge in [0.15, 0.2) is 0 Å². The number of carbonyl (C=O) groups excluding carboxylic acids is 2. The highest BCUT2D eigenvalue weighted by molar-refractivity contribution is 5.80. The Morgan fingerprint density at radius 1 is 1.36 bits per heavy atom. The molecule has 0 bridgehead atoms. The van der Waals surface area contributed by atoms with Crippen LogP contribution in [0.5, 0.6) is 0 Å². The predicted octanol–water partition coefficient (Wildman–Crippen LogP) is 0.569. The number of likely N-dealkylation sites (tertiary alicyclic amines) is 1. The van der Waals surface area contributed by atoms with Crippen molar-refractivity contribution in [2.75, 3.05) is 13.6 Å². The van der Waals surface area contributed by atoms with Crippen molar-refractivity contribution in [1.82, 2.24) is 29.8 Å². The molecule has 25 heavy (non-hydrogen) atoms. The van der Waals surface area contributed by atoms with Crippen LogP contribution in [-0.4, -0.2) is 49.9 Å². The third kappa shape index (κ3) is 3.57. The average Bonchev–Trinajstić information content (AvgIpc) is 3.17. The minimum absolute atomic E-state index is 0.0334. The monoisotopic (exact) mass is 344 g/mol. The molecule has 0 unspecified atom stereocenters. The van der Waals surface area contributed by atoms with E-state index in [4.69, 9.17) is 0 Å². The molecule has 1 fully saturated rings. The van der Waals surface area contributed by atoms with Crippen molar-refractivity contribution in [3.63, 3.8) is 0 Å². The Kier molecular flexibility index (Phi) is 4.61. The minimum atomic E-state index is -0.0989. The van der Waals surface area contributed by atoms with Gasteiger partial charge in [0.1, 0.15) is 6.54 Å². The molecule has 8 heteroatoms. The number of amides is 2. The second kappa shape index (κ2) is 6.70. The fourth-order valence-electron chi connectivity index (χ4n) is 3.50. The smallest absolute Gasteiger partial charge is 0.241 e. The van der Waals surface area contributed by atoms with E-state index in [1.165, 1.54) is 0 Å². The molecular formula is C17H24N6O2. The van der Waals surface area contributed by atoms with E-state index in [9.17, 15) is 9.59 Å². The van der Waals surface area contributed by atoms with Crippen LogP contribution < -0.4 is 5.32 Å². The first-order valence-corrected chi connectivity index (χ1v) is 8.37. The number of nitrogens with zero attached hydrogens (tertiary/aromatic N) is 5. The SMILES string of the molecule is Cc1cc(C)n(CC(=O)NC[C@@H]2CC(=O)N(C)[C@H]2c2cnn(C)c2)n1. The molecule has 0 spiro atoms. The van der Waals surface area contributed by atoms with Crippen molar-refractivity contribution in [1.29, 1.82) is 0 Å². The maximum atomic E-state index is 12.3. The van der Waals surface area contributed by atoms with Crippen LogP contribution in [0.2, 0.25) is 0 Å². The van der Waals surface area contributed by atoms with E-state index in [0.717, 1.165) is 17.0 Å². The van der Waals surface area contributed by atoms with Crippen LogP contribution in [0.15, 0.2) is 18.5 Å². The van der Waals surface area contributed by atoms with Gasteiger partial charge in [-0.25, -0.2) is 0 Å². The van der Waals surface area contributed by atoms with E-state index in [1.807, 2.05) is 33.2 Å². The van der Waals surface area contributed by atoms with Crippen LogP contribution in [0, 0.1) is 19.8 Å². The van der Waals surface area contributed by atoms with Crippen molar-refractivity contribution in [3.8, 4) is 0 Å². The van der Waals surface area contributed by atoms with Crippen molar-refractivity contribution >= 4 is 11.8 Å². The molecule has 8 nitrogen and oxygen atoms in total. The van der Waals surface area contributed by atoms with E-state index in [-0.39, 0.29) is 30.3 Å². The van der Waals surface area contributed by atoms with Gasteiger partial charge >= 0.3 is 0 Å². The lowest BCUT2D eigenvalue weighted by Gasteiger charge is -2.24. The van der Waals surface area contributed by atoms with Crippen molar-refractivity contribution in [2.45, 2.75) is 32.9 Å². The molecule has 1 N–H and O–H groups in total. The minimum Gasteiger partial charge on any atom is -0.354 e. The second-order valence-electron chi connectivity index (χ2n) is 6.75. The highest BCUT2D eigenvalue weighted by atomic mass is 16.2. The predicted molar refractivity (Wildman–Crippen MR) is 91.5 cm³/mol. The molecule has 2 aromatic rings. The Balaban J connectivity index is 1.63. The molecule has 0 aliphatic carbocycles. The molecule has 1 aliphatic heterocycles. The number of carbonyl (C=O) groups is 2. The van der Waals surface area contributed by atoms with E-state index >= 15 is 0 Å². The first-order valence-electron chi connectivity index (χ1n) is 8.37. The molecule has 2 atom stereocenters. The molecule has 1 saturated heterocycles. The number of aryl methyl sites for hydroxylation is 3. The number of hydrogen-bond donors (Lipinski definition) is 1. The zero-order chi connectivity index (χ0) is 18.1. The molecule has 2 aromatic heterocycles. The largest absolute Gasteiger partial charge is 0.354 e. The summed E-state index contributed by atoms with van der Waals surface area (Å²) in [6.45, 7) is 4.47. The summed E-state index contributed by atoms with van der Waals surface area (Å²) in [7, 11) is 3.66. The number of hydrogen-bond acceptors (Lipinski definition) is 4. The van der Waals surface area contributed by atoms with Gasteiger partial charge in [0.25, 0.3) is 0 Å². The van der Waals surface area contributed by atoms with Crippen LogP contribution in [0.25, 0.3) is 0 Å². The summed E-state index contributed by atoms with van der Waals surface area (Å²) in [6, 6.07) is 1.88. The Morgan fingerprint density at radius 3 is 2.72 bits per heavy atom. The van der Waals surface area contributed by atoms with E-state index < -0.39 is 0 Å². The topological polar surface area (TPSA) is 85.0 Å². The van der Waals surface area contributed by atoms with Gasteiger partial charge in [0.2, 0.25) is 11.8 Å². The van der Waals surface area contributed by atoms with Gasteiger partial charge in [-0.05, 0) is 19.9 Å². The summed E-state index contributed by atoms with van der Waals surface area (Å²) in [5.41, 5.74) is 2.84. The summed E-state index contributed by atoms with van der Waals surface area (Å²) >= 11 is 0. The van der Waals surface area contributed by atoms with Gasteiger partial charge in [-0.3, -0.25) is 19.0 Å². The van der Waals surface area contributed by atoms with Gasteiger partial charge < -0.3 is 10.2 Å². The summed E-state index contributed by atoms with van der Waals surface area (Å²) in [4.78, 5) is 26.1. The number of rotatable bonds is 5. The Labute approximate surface area is 146 Å². The third-order valence-electron chi connectivity index (χ3n) is 4.72. The number of aromatic nitrogens is 4. The van der Waals surface area contributed by atoms with Crippen LogP contribution in [-0.2, 0) is 23.2 Å². The Morgan fingerprint density at radius 2 is 2.12 bits per heavy atom. The molecule has 0 aromatic carbocycles. The molecular weight excluding hydrogens is 320 g/mol.